The van der Waals surface area contributed by atoms with Crippen LogP contribution in [0.3, 0.4) is 0 Å². The highest BCUT2D eigenvalue weighted by Gasteiger charge is 2.32. The molecule has 0 saturated carbocycles. The van der Waals surface area contributed by atoms with Crippen LogP contribution in [0.5, 0.6) is 0 Å². The van der Waals surface area contributed by atoms with Gasteiger partial charge in [0, 0.05) is 12.1 Å². The zero-order valence-corrected chi connectivity index (χ0v) is 20.7. The molecule has 7 heteroatoms. The fraction of sp³-hybridized carbons (Fsp3) is 0.286. The van der Waals surface area contributed by atoms with Crippen LogP contribution in [0.2, 0.25) is 0 Å². The third kappa shape index (κ3) is 5.05. The van der Waals surface area contributed by atoms with E-state index in [1.54, 1.807) is 16.8 Å². The van der Waals surface area contributed by atoms with Gasteiger partial charge in [-0.15, -0.1) is 0 Å². The van der Waals surface area contributed by atoms with E-state index in [-0.39, 0.29) is 23.5 Å². The Morgan fingerprint density at radius 2 is 1.80 bits per heavy atom. The van der Waals surface area contributed by atoms with Crippen LogP contribution < -0.4 is 10.9 Å². The van der Waals surface area contributed by atoms with E-state index < -0.39 is 0 Å². The number of nitrogens with zero attached hydrogens (tertiary/aromatic N) is 4. The lowest BCUT2D eigenvalue weighted by molar-refractivity contribution is 0.283. The van der Waals surface area contributed by atoms with Crippen LogP contribution in [0.1, 0.15) is 31.1 Å². The second kappa shape index (κ2) is 10.3. The monoisotopic (exact) mass is 473 g/mol. The van der Waals surface area contributed by atoms with Crippen molar-refractivity contribution in [2.75, 3.05) is 14.1 Å². The molecule has 3 aromatic rings. The quantitative estimate of drug-likeness (QED) is 0.487. The fourth-order valence-corrected chi connectivity index (χ4v) is 4.46. The van der Waals surface area contributed by atoms with E-state index >= 15 is 0 Å². The maximum Gasteiger partial charge on any atom is 0.275 e. The van der Waals surface area contributed by atoms with Crippen LogP contribution in [0, 0.1) is 5.82 Å². The normalized spacial score (nSPS) is 16.6. The van der Waals surface area contributed by atoms with E-state index in [1.807, 2.05) is 56.1 Å². The van der Waals surface area contributed by atoms with Crippen molar-refractivity contribution in [2.24, 2.45) is 4.99 Å². The SMILES string of the molecule is C=C(/N=C(\C=C/C)c1c(-c2ccc(F)cc2)c(=O)n2n1CC(N(C)C)C2)N[C@@H](C)c1ccccc1. The van der Waals surface area contributed by atoms with E-state index in [9.17, 15) is 9.18 Å². The molecule has 4 rings (SSSR count). The molecule has 0 radical (unpaired) electrons. The first kappa shape index (κ1) is 24.4. The highest BCUT2D eigenvalue weighted by atomic mass is 19.1. The predicted molar refractivity (Wildman–Crippen MR) is 140 cm³/mol. The lowest BCUT2D eigenvalue weighted by Crippen LogP contribution is -2.31. The number of likely N-dealkylation sites (N-methyl/N-ethyl adjacent to an activating group) is 1. The Balaban J connectivity index is 1.80. The maximum atomic E-state index is 13.7. The smallest absolute Gasteiger partial charge is 0.275 e. The molecular weight excluding hydrogens is 441 g/mol. The Morgan fingerprint density at radius 3 is 2.43 bits per heavy atom. The summed E-state index contributed by atoms with van der Waals surface area (Å²) in [4.78, 5) is 20.6. The van der Waals surface area contributed by atoms with Gasteiger partial charge in [0.15, 0.2) is 0 Å². The lowest BCUT2D eigenvalue weighted by atomic mass is 10.0. The van der Waals surface area contributed by atoms with Gasteiger partial charge >= 0.3 is 0 Å². The number of allylic oxidation sites excluding steroid dienone is 2. The van der Waals surface area contributed by atoms with Crippen LogP contribution >= 0.6 is 0 Å². The van der Waals surface area contributed by atoms with Crippen molar-refractivity contribution in [1.82, 2.24) is 19.6 Å². The molecule has 1 unspecified atom stereocenters. The second-order valence-electron chi connectivity index (χ2n) is 9.04. The molecule has 2 atom stereocenters. The Labute approximate surface area is 205 Å². The topological polar surface area (TPSA) is 54.6 Å². The molecule has 0 saturated heterocycles. The highest BCUT2D eigenvalue weighted by molar-refractivity contribution is 6.12. The molecule has 2 heterocycles. The van der Waals surface area contributed by atoms with Gasteiger partial charge in [-0.05, 0) is 57.3 Å². The summed E-state index contributed by atoms with van der Waals surface area (Å²) in [7, 11) is 4.03. The molecule has 2 aromatic carbocycles. The standard InChI is InChI=1S/C28H32FN5O/c1-6-10-25(31-20(3)30-19(2)21-11-8-7-9-12-21)27-26(22-13-15-23(29)16-14-22)28(35)34-18-24(32(4)5)17-33(27)34/h6-16,19,24,30H,3,17-18H2,1-2,4-5H3/b10-6-,31-25+/t19-,24?/m0/s1. The van der Waals surface area contributed by atoms with Crippen molar-refractivity contribution >= 4 is 5.71 Å². The van der Waals surface area contributed by atoms with Crippen molar-refractivity contribution in [2.45, 2.75) is 39.0 Å². The number of aliphatic imine (C=N–C) groups is 1. The number of hydrogen-bond acceptors (Lipinski definition) is 4. The zero-order valence-electron chi connectivity index (χ0n) is 20.7. The molecule has 182 valence electrons. The van der Waals surface area contributed by atoms with Crippen molar-refractivity contribution in [3.05, 3.63) is 107 Å². The zero-order chi connectivity index (χ0) is 25.1. The molecule has 1 N–H and O–H groups in total. The number of rotatable bonds is 8. The molecule has 0 amide bonds. The Morgan fingerprint density at radius 1 is 1.14 bits per heavy atom. The third-order valence-electron chi connectivity index (χ3n) is 6.37. The number of hydrogen-bond donors (Lipinski definition) is 1. The molecule has 0 spiro atoms. The van der Waals surface area contributed by atoms with Gasteiger partial charge in [0.25, 0.3) is 5.56 Å². The Bertz CT molecular complexity index is 1320. The molecule has 1 aliphatic heterocycles. The van der Waals surface area contributed by atoms with Gasteiger partial charge in [0.05, 0.1) is 30.1 Å². The third-order valence-corrected chi connectivity index (χ3v) is 6.37. The van der Waals surface area contributed by atoms with Crippen LogP contribution in [-0.2, 0) is 13.1 Å². The lowest BCUT2D eigenvalue weighted by Gasteiger charge is -2.18. The Hall–Kier alpha value is -3.71. The van der Waals surface area contributed by atoms with Crippen LogP contribution in [0.4, 0.5) is 4.39 Å². The average Bonchev–Trinajstić information content (AvgIpc) is 3.38. The summed E-state index contributed by atoms with van der Waals surface area (Å²) in [5, 5.41) is 3.36. The summed E-state index contributed by atoms with van der Waals surface area (Å²) >= 11 is 0. The first-order chi connectivity index (χ1) is 16.8. The van der Waals surface area contributed by atoms with E-state index in [0.29, 0.717) is 41.4 Å². The summed E-state index contributed by atoms with van der Waals surface area (Å²) in [6.45, 7) is 9.33. The van der Waals surface area contributed by atoms with Crippen molar-refractivity contribution < 1.29 is 4.39 Å². The molecular formula is C28H32FN5O. The fourth-order valence-electron chi connectivity index (χ4n) is 4.46. The van der Waals surface area contributed by atoms with Gasteiger partial charge in [-0.2, -0.15) is 0 Å². The largest absolute Gasteiger partial charge is 0.364 e. The first-order valence-corrected chi connectivity index (χ1v) is 11.8. The summed E-state index contributed by atoms with van der Waals surface area (Å²) in [6.07, 6.45) is 3.79. The minimum absolute atomic E-state index is 0.0106. The van der Waals surface area contributed by atoms with E-state index in [2.05, 4.69) is 35.9 Å². The van der Waals surface area contributed by atoms with Gasteiger partial charge in [0.1, 0.15) is 11.6 Å². The molecule has 0 fully saturated rings. The molecule has 1 aliphatic rings. The minimum atomic E-state index is -0.343. The minimum Gasteiger partial charge on any atom is -0.364 e. The van der Waals surface area contributed by atoms with E-state index in [1.165, 1.54) is 12.1 Å². The van der Waals surface area contributed by atoms with Crippen molar-refractivity contribution in [3.8, 4) is 11.1 Å². The molecule has 35 heavy (non-hydrogen) atoms. The van der Waals surface area contributed by atoms with Crippen LogP contribution in [0.15, 0.2) is 88.9 Å². The number of fused-ring (bicyclic) bond motifs is 1. The molecule has 1 aromatic heterocycles. The van der Waals surface area contributed by atoms with Crippen molar-refractivity contribution in [1.29, 1.82) is 0 Å². The number of benzene rings is 2. The van der Waals surface area contributed by atoms with E-state index in [4.69, 9.17) is 4.99 Å². The van der Waals surface area contributed by atoms with Crippen LogP contribution in [-0.4, -0.2) is 40.1 Å². The maximum absolute atomic E-state index is 13.7. The van der Waals surface area contributed by atoms with Gasteiger partial charge < -0.3 is 10.2 Å². The number of halogens is 1. The predicted octanol–water partition coefficient (Wildman–Crippen LogP) is 4.59. The summed E-state index contributed by atoms with van der Waals surface area (Å²) in [6, 6.07) is 16.3. The second-order valence-corrected chi connectivity index (χ2v) is 9.04. The molecule has 0 bridgehead atoms. The highest BCUT2D eigenvalue weighted by Crippen LogP contribution is 2.27. The van der Waals surface area contributed by atoms with Crippen molar-refractivity contribution in [3.63, 3.8) is 0 Å². The Kier molecular flexibility index (Phi) is 7.17. The first-order valence-electron chi connectivity index (χ1n) is 11.8. The molecule has 0 aliphatic carbocycles. The number of nitrogens with one attached hydrogen (secondary N) is 1. The summed E-state index contributed by atoms with van der Waals surface area (Å²) in [5.74, 6) is 0.152. The summed E-state index contributed by atoms with van der Waals surface area (Å²) < 4.78 is 17.4. The van der Waals surface area contributed by atoms with Gasteiger partial charge in [-0.3, -0.25) is 9.48 Å². The van der Waals surface area contributed by atoms with Crippen LogP contribution in [0.25, 0.3) is 11.1 Å². The summed E-state index contributed by atoms with van der Waals surface area (Å²) in [5.41, 5.74) is 3.53. The molecule has 6 nitrogen and oxygen atoms in total. The average molecular weight is 474 g/mol. The van der Waals surface area contributed by atoms with Gasteiger partial charge in [-0.1, -0.05) is 55.1 Å². The van der Waals surface area contributed by atoms with Gasteiger partial charge in [0.2, 0.25) is 0 Å². The van der Waals surface area contributed by atoms with E-state index in [0.717, 1.165) is 5.56 Å². The number of aromatic nitrogens is 2. The van der Waals surface area contributed by atoms with Gasteiger partial charge in [-0.25, -0.2) is 14.1 Å².